The molecule has 31 heavy (non-hydrogen) atoms. The number of hydrogen-bond donors (Lipinski definition) is 3. The van der Waals surface area contributed by atoms with Crippen LogP contribution in [0.4, 0.5) is 0 Å². The van der Waals surface area contributed by atoms with Gasteiger partial charge in [0.1, 0.15) is 0 Å². The van der Waals surface area contributed by atoms with Gasteiger partial charge in [0.2, 0.25) is 23.6 Å². The van der Waals surface area contributed by atoms with Gasteiger partial charge in [-0.2, -0.15) is 0 Å². The van der Waals surface area contributed by atoms with Gasteiger partial charge < -0.3 is 5.32 Å². The second kappa shape index (κ2) is 5.96. The highest BCUT2D eigenvalue weighted by Gasteiger charge is 2.78. The maximum atomic E-state index is 13.1. The van der Waals surface area contributed by atoms with E-state index in [4.69, 9.17) is 0 Å². The molecule has 2 saturated heterocycles. The lowest BCUT2D eigenvalue weighted by Crippen LogP contribution is -2.73. The SMILES string of the molecule is CC(=O)C1=CC2(NC(=O)c3ccccc3)[C@@H]3C(=O)NC(=O)[C@@H]3C1(C)[C@@H]1C(=O)NC(=O)[C@@H]12. The van der Waals surface area contributed by atoms with Crippen LogP contribution in [-0.2, 0) is 24.0 Å². The van der Waals surface area contributed by atoms with Crippen LogP contribution in [0.3, 0.4) is 0 Å². The van der Waals surface area contributed by atoms with Gasteiger partial charge in [-0.3, -0.25) is 39.4 Å². The van der Waals surface area contributed by atoms with E-state index in [0.29, 0.717) is 0 Å². The Kier molecular flexibility index (Phi) is 3.72. The third kappa shape index (κ3) is 2.20. The molecule has 2 aliphatic heterocycles. The number of carbonyl (C=O) groups is 6. The van der Waals surface area contributed by atoms with Crippen LogP contribution in [0.5, 0.6) is 0 Å². The first-order chi connectivity index (χ1) is 14.6. The maximum Gasteiger partial charge on any atom is 0.252 e. The van der Waals surface area contributed by atoms with Gasteiger partial charge in [0.05, 0.1) is 29.2 Å². The maximum absolute atomic E-state index is 13.1. The fraction of sp³-hybridized carbons (Fsp3) is 0.364. The average Bonchev–Trinajstić information content (AvgIpc) is 3.21. The Hall–Kier alpha value is -3.62. The van der Waals surface area contributed by atoms with E-state index in [1.807, 2.05) is 0 Å². The standard InChI is InChI=1S/C22H19N3O6/c1-9(26)11-8-22(25-16(27)10-6-4-3-5-7-10)14-12(17(28)23-19(14)30)21(11,2)13-15(22)20(31)24-18(13)29/h3-8,12-15H,1-2H3,(H,25,27)(H,23,28,30)(H,24,29,31)/t12-,13+,14+,15-,21?,22?. The van der Waals surface area contributed by atoms with Crippen LogP contribution in [0.15, 0.2) is 42.0 Å². The molecule has 158 valence electrons. The van der Waals surface area contributed by atoms with Crippen molar-refractivity contribution in [3.05, 3.63) is 47.5 Å². The van der Waals surface area contributed by atoms with Crippen molar-refractivity contribution in [1.82, 2.24) is 16.0 Å². The molecule has 5 aliphatic rings. The smallest absolute Gasteiger partial charge is 0.252 e. The van der Waals surface area contributed by atoms with Crippen LogP contribution in [0.2, 0.25) is 0 Å². The van der Waals surface area contributed by atoms with Gasteiger partial charge in [0.25, 0.3) is 5.91 Å². The van der Waals surface area contributed by atoms with Crippen LogP contribution in [0, 0.1) is 29.1 Å². The molecule has 2 unspecified atom stereocenters. The highest BCUT2D eigenvalue weighted by Crippen LogP contribution is 2.65. The van der Waals surface area contributed by atoms with E-state index in [-0.39, 0.29) is 11.1 Å². The lowest BCUT2D eigenvalue weighted by Gasteiger charge is -2.60. The minimum absolute atomic E-state index is 0.165. The first kappa shape index (κ1) is 19.3. The molecule has 5 amide bonds. The highest BCUT2D eigenvalue weighted by molar-refractivity contribution is 6.15. The van der Waals surface area contributed by atoms with Crippen molar-refractivity contribution in [2.75, 3.05) is 0 Å². The lowest BCUT2D eigenvalue weighted by molar-refractivity contribution is -0.152. The first-order valence-corrected chi connectivity index (χ1v) is 9.94. The molecular weight excluding hydrogens is 402 g/mol. The van der Waals surface area contributed by atoms with Crippen molar-refractivity contribution in [2.24, 2.45) is 29.1 Å². The van der Waals surface area contributed by atoms with Crippen LogP contribution in [0.1, 0.15) is 24.2 Å². The molecule has 1 saturated carbocycles. The first-order valence-electron chi connectivity index (χ1n) is 9.94. The number of amides is 5. The van der Waals surface area contributed by atoms with E-state index in [2.05, 4.69) is 16.0 Å². The molecule has 2 bridgehead atoms. The van der Waals surface area contributed by atoms with Crippen molar-refractivity contribution in [2.45, 2.75) is 19.4 Å². The Morgan fingerprint density at radius 1 is 0.839 bits per heavy atom. The number of allylic oxidation sites excluding steroid dienone is 1. The van der Waals surface area contributed by atoms with Crippen molar-refractivity contribution in [3.63, 3.8) is 0 Å². The Labute approximate surface area is 176 Å². The molecular formula is C22H19N3O6. The largest absolute Gasteiger partial charge is 0.341 e. The molecule has 9 nitrogen and oxygen atoms in total. The lowest BCUT2D eigenvalue weighted by atomic mass is 9.41. The van der Waals surface area contributed by atoms with Gasteiger partial charge in [-0.1, -0.05) is 31.2 Å². The summed E-state index contributed by atoms with van der Waals surface area (Å²) < 4.78 is 0. The minimum Gasteiger partial charge on any atom is -0.341 e. The molecule has 3 fully saturated rings. The minimum atomic E-state index is -1.70. The second-order valence-corrected chi connectivity index (χ2v) is 8.77. The number of Topliss-reactive ketones (excluding diaryl/α,β-unsaturated/α-hetero) is 1. The third-order valence-electron chi connectivity index (χ3n) is 7.32. The summed E-state index contributed by atoms with van der Waals surface area (Å²) >= 11 is 0. The van der Waals surface area contributed by atoms with E-state index in [0.717, 1.165) is 0 Å². The number of carbonyl (C=O) groups excluding carboxylic acids is 6. The van der Waals surface area contributed by atoms with Crippen molar-refractivity contribution in [1.29, 1.82) is 0 Å². The van der Waals surface area contributed by atoms with Crippen molar-refractivity contribution >= 4 is 35.3 Å². The summed E-state index contributed by atoms with van der Waals surface area (Å²) in [4.78, 5) is 77.3. The molecule has 1 aromatic carbocycles. The fourth-order valence-electron chi connectivity index (χ4n) is 6.21. The predicted octanol–water partition coefficient (Wildman–Crippen LogP) is -0.518. The molecule has 1 aromatic rings. The van der Waals surface area contributed by atoms with Gasteiger partial charge in [0.15, 0.2) is 5.78 Å². The summed E-state index contributed by atoms with van der Waals surface area (Å²) in [6, 6.07) is 8.17. The molecule has 0 radical (unpaired) electrons. The predicted molar refractivity (Wildman–Crippen MR) is 104 cm³/mol. The summed E-state index contributed by atoms with van der Waals surface area (Å²) in [6.07, 6.45) is 1.44. The van der Waals surface area contributed by atoms with Gasteiger partial charge in [-0.05, 0) is 19.1 Å². The van der Waals surface area contributed by atoms with Crippen LogP contribution >= 0.6 is 0 Å². The third-order valence-corrected chi connectivity index (χ3v) is 7.32. The van der Waals surface area contributed by atoms with E-state index in [9.17, 15) is 28.8 Å². The van der Waals surface area contributed by atoms with Crippen LogP contribution < -0.4 is 16.0 Å². The molecule has 0 spiro atoms. The summed E-state index contributed by atoms with van der Waals surface area (Å²) in [5, 5.41) is 7.36. The fourth-order valence-corrected chi connectivity index (χ4v) is 6.21. The number of nitrogens with one attached hydrogen (secondary N) is 3. The molecule has 0 aromatic heterocycles. The number of hydrogen-bond acceptors (Lipinski definition) is 6. The number of imide groups is 2. The number of ketones is 1. The van der Waals surface area contributed by atoms with E-state index in [1.54, 1.807) is 37.3 Å². The van der Waals surface area contributed by atoms with Crippen molar-refractivity contribution in [3.8, 4) is 0 Å². The summed E-state index contributed by atoms with van der Waals surface area (Å²) in [5.41, 5.74) is -2.62. The molecule has 2 heterocycles. The number of benzene rings is 1. The topological polar surface area (TPSA) is 139 Å². The number of rotatable bonds is 3. The summed E-state index contributed by atoms with van der Waals surface area (Å²) in [7, 11) is 0. The Morgan fingerprint density at radius 2 is 1.32 bits per heavy atom. The second-order valence-electron chi connectivity index (χ2n) is 8.77. The Morgan fingerprint density at radius 3 is 1.81 bits per heavy atom. The average molecular weight is 421 g/mol. The Balaban J connectivity index is 1.78. The zero-order chi connectivity index (χ0) is 22.3. The van der Waals surface area contributed by atoms with E-state index in [1.165, 1.54) is 13.0 Å². The monoisotopic (exact) mass is 421 g/mol. The zero-order valence-electron chi connectivity index (χ0n) is 16.7. The molecule has 6 atom stereocenters. The van der Waals surface area contributed by atoms with Gasteiger partial charge in [-0.15, -0.1) is 0 Å². The zero-order valence-corrected chi connectivity index (χ0v) is 16.7. The molecule has 6 rings (SSSR count). The molecule has 3 aliphatic carbocycles. The normalized spacial score (nSPS) is 37.5. The van der Waals surface area contributed by atoms with Crippen LogP contribution in [0.25, 0.3) is 0 Å². The quantitative estimate of drug-likeness (QED) is 0.562. The van der Waals surface area contributed by atoms with E-state index < -0.39 is 69.9 Å². The van der Waals surface area contributed by atoms with Gasteiger partial charge in [-0.25, -0.2) is 0 Å². The van der Waals surface area contributed by atoms with Crippen LogP contribution in [-0.4, -0.2) is 40.9 Å². The summed E-state index contributed by atoms with van der Waals surface area (Å²) in [6.45, 7) is 2.88. The van der Waals surface area contributed by atoms with E-state index >= 15 is 0 Å². The molecule has 3 N–H and O–H groups in total. The molecule has 9 heteroatoms. The Bertz CT molecular complexity index is 1100. The highest BCUT2D eigenvalue weighted by atomic mass is 16.2. The summed E-state index contributed by atoms with van der Waals surface area (Å²) in [5.74, 6) is -7.88. The van der Waals surface area contributed by atoms with Gasteiger partial charge >= 0.3 is 0 Å². The van der Waals surface area contributed by atoms with Gasteiger partial charge in [0, 0.05) is 16.6 Å². The van der Waals surface area contributed by atoms with Crippen molar-refractivity contribution < 1.29 is 28.8 Å².